The number of aryl methyl sites for hydroxylation is 1. The quantitative estimate of drug-likeness (QED) is 0.935. The van der Waals surface area contributed by atoms with E-state index in [2.05, 4.69) is 39.1 Å². The second-order valence-corrected chi connectivity index (χ2v) is 6.71. The van der Waals surface area contributed by atoms with Crippen LogP contribution in [-0.2, 0) is 6.54 Å². The smallest absolute Gasteiger partial charge is 0.231 e. The SMILES string of the molecule is Cc1[nH]nc(CN2CCC[C@@H](c3nc(C(C)C)no3)C2)c1Cl. The van der Waals surface area contributed by atoms with E-state index in [0.29, 0.717) is 11.8 Å². The van der Waals surface area contributed by atoms with Crippen molar-refractivity contribution in [1.82, 2.24) is 25.2 Å². The monoisotopic (exact) mass is 323 g/mol. The molecule has 1 N–H and O–H groups in total. The molecular formula is C15H22ClN5O. The maximum absolute atomic E-state index is 6.26. The molecule has 0 spiro atoms. The van der Waals surface area contributed by atoms with Crippen LogP contribution in [0, 0.1) is 6.92 Å². The van der Waals surface area contributed by atoms with Gasteiger partial charge in [0.05, 0.1) is 22.3 Å². The zero-order valence-corrected chi connectivity index (χ0v) is 14.0. The number of hydrogen-bond donors (Lipinski definition) is 1. The topological polar surface area (TPSA) is 70.8 Å². The van der Waals surface area contributed by atoms with E-state index >= 15 is 0 Å². The van der Waals surface area contributed by atoms with Gasteiger partial charge in [-0.2, -0.15) is 10.1 Å². The minimum absolute atomic E-state index is 0.294. The fraction of sp³-hybridized carbons (Fsp3) is 0.667. The molecule has 2 aromatic heterocycles. The number of nitrogens with one attached hydrogen (secondary N) is 1. The molecule has 0 unspecified atom stereocenters. The van der Waals surface area contributed by atoms with E-state index in [9.17, 15) is 0 Å². The molecule has 0 aromatic carbocycles. The largest absolute Gasteiger partial charge is 0.339 e. The third kappa shape index (κ3) is 3.17. The van der Waals surface area contributed by atoms with Crippen LogP contribution in [0.25, 0.3) is 0 Å². The average molecular weight is 324 g/mol. The number of aromatic amines is 1. The maximum Gasteiger partial charge on any atom is 0.231 e. The summed E-state index contributed by atoms with van der Waals surface area (Å²) in [6.45, 7) is 8.79. The van der Waals surface area contributed by atoms with Gasteiger partial charge in [-0.3, -0.25) is 10.00 Å². The molecule has 1 aliphatic heterocycles. The van der Waals surface area contributed by atoms with Gasteiger partial charge in [-0.05, 0) is 26.3 Å². The zero-order chi connectivity index (χ0) is 15.7. The molecule has 0 amide bonds. The summed E-state index contributed by atoms with van der Waals surface area (Å²) in [7, 11) is 0. The van der Waals surface area contributed by atoms with Crippen LogP contribution in [0.5, 0.6) is 0 Å². The summed E-state index contributed by atoms with van der Waals surface area (Å²) in [5, 5.41) is 12.0. The predicted octanol–water partition coefficient (Wildman–Crippen LogP) is 3.26. The van der Waals surface area contributed by atoms with Crippen LogP contribution >= 0.6 is 11.6 Å². The molecule has 1 atom stereocenters. The summed E-state index contributed by atoms with van der Waals surface area (Å²) in [5.74, 6) is 2.14. The molecule has 0 radical (unpaired) electrons. The summed E-state index contributed by atoms with van der Waals surface area (Å²) in [6, 6.07) is 0. The third-order valence-corrected chi connectivity index (χ3v) is 4.64. The van der Waals surface area contributed by atoms with Crippen LogP contribution in [0.1, 0.15) is 61.6 Å². The number of rotatable bonds is 4. The molecule has 120 valence electrons. The summed E-state index contributed by atoms with van der Waals surface area (Å²) < 4.78 is 5.46. The summed E-state index contributed by atoms with van der Waals surface area (Å²) in [4.78, 5) is 6.90. The fourth-order valence-electron chi connectivity index (χ4n) is 2.83. The normalized spacial score (nSPS) is 20.0. The van der Waals surface area contributed by atoms with Gasteiger partial charge in [0.1, 0.15) is 0 Å². The van der Waals surface area contributed by atoms with Crippen molar-refractivity contribution in [2.45, 2.75) is 52.0 Å². The van der Waals surface area contributed by atoms with Crippen LogP contribution < -0.4 is 0 Å². The van der Waals surface area contributed by atoms with E-state index in [-0.39, 0.29) is 0 Å². The van der Waals surface area contributed by atoms with E-state index in [1.165, 1.54) is 0 Å². The van der Waals surface area contributed by atoms with Gasteiger partial charge in [0.15, 0.2) is 5.82 Å². The molecule has 3 rings (SSSR count). The Labute approximate surface area is 135 Å². The highest BCUT2D eigenvalue weighted by Crippen LogP contribution is 2.28. The molecule has 22 heavy (non-hydrogen) atoms. The second kappa shape index (κ2) is 6.38. The van der Waals surface area contributed by atoms with Crippen molar-refractivity contribution in [2.75, 3.05) is 13.1 Å². The molecule has 6 nitrogen and oxygen atoms in total. The first-order valence-electron chi connectivity index (χ1n) is 7.79. The Morgan fingerprint density at radius 1 is 1.45 bits per heavy atom. The van der Waals surface area contributed by atoms with Crippen LogP contribution in [0.2, 0.25) is 5.02 Å². The number of likely N-dealkylation sites (tertiary alicyclic amines) is 1. The average Bonchev–Trinajstić information content (AvgIpc) is 3.11. The molecule has 1 aliphatic rings. The van der Waals surface area contributed by atoms with Crippen molar-refractivity contribution in [3.8, 4) is 0 Å². The van der Waals surface area contributed by atoms with Crippen molar-refractivity contribution in [1.29, 1.82) is 0 Å². The third-order valence-electron chi connectivity index (χ3n) is 4.14. The van der Waals surface area contributed by atoms with E-state index < -0.39 is 0 Å². The van der Waals surface area contributed by atoms with Gasteiger partial charge in [-0.1, -0.05) is 30.6 Å². The first-order chi connectivity index (χ1) is 10.5. The van der Waals surface area contributed by atoms with Crippen LogP contribution in [0.4, 0.5) is 0 Å². The van der Waals surface area contributed by atoms with Gasteiger partial charge in [0, 0.05) is 19.0 Å². The number of nitrogens with zero attached hydrogens (tertiary/aromatic N) is 4. The number of aromatic nitrogens is 4. The minimum atomic E-state index is 0.294. The van der Waals surface area contributed by atoms with Crippen LogP contribution in [0.15, 0.2) is 4.52 Å². The first-order valence-corrected chi connectivity index (χ1v) is 8.17. The highest BCUT2D eigenvalue weighted by atomic mass is 35.5. The molecule has 0 aliphatic carbocycles. The van der Waals surface area contributed by atoms with E-state index in [0.717, 1.165) is 60.6 Å². The minimum Gasteiger partial charge on any atom is -0.339 e. The lowest BCUT2D eigenvalue weighted by Gasteiger charge is -2.30. The molecule has 0 saturated carbocycles. The van der Waals surface area contributed by atoms with Gasteiger partial charge in [-0.15, -0.1) is 0 Å². The van der Waals surface area contributed by atoms with Gasteiger partial charge in [-0.25, -0.2) is 0 Å². The van der Waals surface area contributed by atoms with Crippen LogP contribution in [-0.4, -0.2) is 38.3 Å². The summed E-state index contributed by atoms with van der Waals surface area (Å²) >= 11 is 6.26. The van der Waals surface area contributed by atoms with Crippen molar-refractivity contribution < 1.29 is 4.52 Å². The lowest BCUT2D eigenvalue weighted by Crippen LogP contribution is -2.34. The molecule has 2 aromatic rings. The van der Waals surface area contributed by atoms with Crippen molar-refractivity contribution in [3.05, 3.63) is 28.1 Å². The van der Waals surface area contributed by atoms with Gasteiger partial charge in [0.2, 0.25) is 5.89 Å². The van der Waals surface area contributed by atoms with Crippen LogP contribution in [0.3, 0.4) is 0 Å². The Bertz CT molecular complexity index is 636. The summed E-state index contributed by atoms with van der Waals surface area (Å²) in [5.41, 5.74) is 1.83. The van der Waals surface area contributed by atoms with Gasteiger partial charge >= 0.3 is 0 Å². The highest BCUT2D eigenvalue weighted by Gasteiger charge is 2.27. The molecular weight excluding hydrogens is 302 g/mol. The Balaban J connectivity index is 1.67. The predicted molar refractivity (Wildman–Crippen MR) is 84.0 cm³/mol. The molecule has 1 saturated heterocycles. The van der Waals surface area contributed by atoms with Gasteiger partial charge < -0.3 is 4.52 Å². The zero-order valence-electron chi connectivity index (χ0n) is 13.3. The standard InChI is InChI=1S/C15H22ClN5O/c1-9(2)14-17-15(22-20-14)11-5-4-6-21(7-11)8-12-13(16)10(3)18-19-12/h9,11H,4-8H2,1-3H3,(H,18,19)/t11-/m1/s1. The number of piperidine rings is 1. The fourth-order valence-corrected chi connectivity index (χ4v) is 2.98. The lowest BCUT2D eigenvalue weighted by atomic mass is 9.98. The van der Waals surface area contributed by atoms with Crippen molar-refractivity contribution >= 4 is 11.6 Å². The Hall–Kier alpha value is -1.40. The Kier molecular flexibility index (Phi) is 4.49. The number of H-pyrrole nitrogens is 1. The van der Waals surface area contributed by atoms with E-state index in [4.69, 9.17) is 16.1 Å². The number of hydrogen-bond acceptors (Lipinski definition) is 5. The van der Waals surface area contributed by atoms with Gasteiger partial charge in [0.25, 0.3) is 0 Å². The lowest BCUT2D eigenvalue weighted by molar-refractivity contribution is 0.178. The van der Waals surface area contributed by atoms with E-state index in [1.54, 1.807) is 0 Å². The molecule has 0 bridgehead atoms. The Morgan fingerprint density at radius 2 is 2.27 bits per heavy atom. The second-order valence-electron chi connectivity index (χ2n) is 6.33. The van der Waals surface area contributed by atoms with E-state index in [1.807, 2.05) is 6.92 Å². The Morgan fingerprint density at radius 3 is 2.91 bits per heavy atom. The highest BCUT2D eigenvalue weighted by molar-refractivity contribution is 6.31. The maximum atomic E-state index is 6.26. The molecule has 7 heteroatoms. The first kappa shape index (κ1) is 15.5. The van der Waals surface area contributed by atoms with Crippen molar-refractivity contribution in [2.24, 2.45) is 0 Å². The number of halogens is 1. The van der Waals surface area contributed by atoms with Crippen molar-refractivity contribution in [3.63, 3.8) is 0 Å². The summed E-state index contributed by atoms with van der Waals surface area (Å²) in [6.07, 6.45) is 2.20. The molecule has 1 fully saturated rings. The molecule has 3 heterocycles.